The lowest BCUT2D eigenvalue weighted by molar-refractivity contribution is -0.132. The zero-order chi connectivity index (χ0) is 19.2. The van der Waals surface area contributed by atoms with Gasteiger partial charge >= 0.3 is 0 Å². The highest BCUT2D eigenvalue weighted by molar-refractivity contribution is 6.07. The molecule has 1 aliphatic heterocycles. The van der Waals surface area contributed by atoms with Crippen LogP contribution in [0.5, 0.6) is 0 Å². The van der Waals surface area contributed by atoms with Gasteiger partial charge in [0.2, 0.25) is 5.91 Å². The van der Waals surface area contributed by atoms with Gasteiger partial charge in [-0.05, 0) is 19.5 Å². The van der Waals surface area contributed by atoms with E-state index in [1.165, 1.54) is 0 Å². The molecule has 1 saturated heterocycles. The highest BCUT2D eigenvalue weighted by Gasteiger charge is 2.22. The van der Waals surface area contributed by atoms with E-state index in [1.807, 2.05) is 29.2 Å². The standard InChI is InChI=1S/C21H29N3O3/c1-3-4-8-18-20(16-7-5-6-9-17(16)27-18)21(26)22-11-10-19(25)24-14-12-23(2)13-15-24/h5-7,9H,3-4,8,10-15H2,1-2H3,(H,22,26). The molecule has 2 aromatic rings. The van der Waals surface area contributed by atoms with E-state index in [0.29, 0.717) is 18.5 Å². The molecule has 0 spiro atoms. The maximum absolute atomic E-state index is 12.8. The Labute approximate surface area is 160 Å². The fourth-order valence-corrected chi connectivity index (χ4v) is 3.44. The molecule has 2 amide bonds. The summed E-state index contributed by atoms with van der Waals surface area (Å²) in [7, 11) is 2.06. The monoisotopic (exact) mass is 371 g/mol. The second kappa shape index (κ2) is 9.04. The molecule has 0 radical (unpaired) electrons. The van der Waals surface area contributed by atoms with Gasteiger partial charge in [-0.15, -0.1) is 0 Å². The maximum Gasteiger partial charge on any atom is 0.255 e. The van der Waals surface area contributed by atoms with Crippen LogP contribution in [0.1, 0.15) is 42.3 Å². The zero-order valence-corrected chi connectivity index (χ0v) is 16.3. The molecule has 2 heterocycles. The molecule has 0 saturated carbocycles. The summed E-state index contributed by atoms with van der Waals surface area (Å²) in [5.74, 6) is 0.685. The second-order valence-corrected chi connectivity index (χ2v) is 7.19. The van der Waals surface area contributed by atoms with Gasteiger partial charge in [0.25, 0.3) is 5.91 Å². The van der Waals surface area contributed by atoms with Gasteiger partial charge in [-0.25, -0.2) is 0 Å². The van der Waals surface area contributed by atoms with Crippen LogP contribution in [0.25, 0.3) is 11.0 Å². The largest absolute Gasteiger partial charge is 0.460 e. The van der Waals surface area contributed by atoms with Crippen molar-refractivity contribution in [2.75, 3.05) is 39.8 Å². The van der Waals surface area contributed by atoms with Gasteiger partial charge in [-0.2, -0.15) is 0 Å². The van der Waals surface area contributed by atoms with Crippen LogP contribution in [-0.2, 0) is 11.2 Å². The van der Waals surface area contributed by atoms with Crippen molar-refractivity contribution in [1.29, 1.82) is 0 Å². The lowest BCUT2D eigenvalue weighted by Crippen LogP contribution is -2.47. The average molecular weight is 371 g/mol. The summed E-state index contributed by atoms with van der Waals surface area (Å²) in [6, 6.07) is 7.62. The fourth-order valence-electron chi connectivity index (χ4n) is 3.44. The summed E-state index contributed by atoms with van der Waals surface area (Å²) in [5.41, 5.74) is 1.35. The fraction of sp³-hybridized carbons (Fsp3) is 0.524. The molecular weight excluding hydrogens is 342 g/mol. The quantitative estimate of drug-likeness (QED) is 0.813. The number of nitrogens with zero attached hydrogens (tertiary/aromatic N) is 2. The van der Waals surface area contributed by atoms with E-state index in [9.17, 15) is 9.59 Å². The van der Waals surface area contributed by atoms with Gasteiger partial charge in [0.05, 0.1) is 5.56 Å². The molecule has 6 heteroatoms. The van der Waals surface area contributed by atoms with Crippen LogP contribution >= 0.6 is 0 Å². The number of piperazine rings is 1. The van der Waals surface area contributed by atoms with Crippen molar-refractivity contribution in [1.82, 2.24) is 15.1 Å². The number of amides is 2. The summed E-state index contributed by atoms with van der Waals surface area (Å²) >= 11 is 0. The van der Waals surface area contributed by atoms with Crippen LogP contribution in [0.15, 0.2) is 28.7 Å². The van der Waals surface area contributed by atoms with Crippen LogP contribution in [0.3, 0.4) is 0 Å². The Hall–Kier alpha value is -2.34. The Kier molecular flexibility index (Phi) is 6.50. The molecule has 6 nitrogen and oxygen atoms in total. The molecule has 3 rings (SSSR count). The van der Waals surface area contributed by atoms with Gasteiger partial charge in [0, 0.05) is 51.0 Å². The smallest absolute Gasteiger partial charge is 0.255 e. The van der Waals surface area contributed by atoms with Crippen molar-refractivity contribution < 1.29 is 14.0 Å². The zero-order valence-electron chi connectivity index (χ0n) is 16.3. The Morgan fingerprint density at radius 1 is 1.15 bits per heavy atom. The first-order valence-corrected chi connectivity index (χ1v) is 9.85. The van der Waals surface area contributed by atoms with Gasteiger partial charge in [0.15, 0.2) is 0 Å². The van der Waals surface area contributed by atoms with E-state index >= 15 is 0 Å². The molecule has 1 aromatic heterocycles. The molecular formula is C21H29N3O3. The third-order valence-electron chi connectivity index (χ3n) is 5.13. The van der Waals surface area contributed by atoms with Crippen LogP contribution < -0.4 is 5.32 Å². The van der Waals surface area contributed by atoms with Gasteiger partial charge in [-0.3, -0.25) is 9.59 Å². The SMILES string of the molecule is CCCCc1oc2ccccc2c1C(=O)NCCC(=O)N1CCN(C)CC1. The van der Waals surface area contributed by atoms with Crippen molar-refractivity contribution in [2.24, 2.45) is 0 Å². The summed E-state index contributed by atoms with van der Waals surface area (Å²) in [6.45, 7) is 5.79. The molecule has 146 valence electrons. The first kappa shape index (κ1) is 19.4. The van der Waals surface area contributed by atoms with E-state index in [0.717, 1.165) is 62.2 Å². The first-order chi connectivity index (χ1) is 13.1. The number of hydrogen-bond donors (Lipinski definition) is 1. The summed E-state index contributed by atoms with van der Waals surface area (Å²) in [6.07, 6.45) is 3.09. The number of aryl methyl sites for hydroxylation is 1. The molecule has 1 fully saturated rings. The number of benzene rings is 1. The first-order valence-electron chi connectivity index (χ1n) is 9.85. The number of para-hydroxylation sites is 1. The van der Waals surface area contributed by atoms with Crippen LogP contribution in [0.2, 0.25) is 0 Å². The van der Waals surface area contributed by atoms with E-state index in [2.05, 4.69) is 24.2 Å². The third-order valence-corrected chi connectivity index (χ3v) is 5.13. The summed E-state index contributed by atoms with van der Waals surface area (Å²) in [4.78, 5) is 29.2. The van der Waals surface area contributed by atoms with E-state index in [4.69, 9.17) is 4.42 Å². The Bertz CT molecular complexity index is 791. The van der Waals surface area contributed by atoms with Crippen molar-refractivity contribution in [3.8, 4) is 0 Å². The topological polar surface area (TPSA) is 65.8 Å². The minimum atomic E-state index is -0.155. The molecule has 0 atom stereocenters. The van der Waals surface area contributed by atoms with Gasteiger partial charge < -0.3 is 19.5 Å². The number of furan rings is 1. The Morgan fingerprint density at radius 2 is 1.89 bits per heavy atom. The third kappa shape index (κ3) is 4.69. The number of nitrogens with one attached hydrogen (secondary N) is 1. The minimum absolute atomic E-state index is 0.103. The average Bonchev–Trinajstić information content (AvgIpc) is 3.05. The highest BCUT2D eigenvalue weighted by Crippen LogP contribution is 2.27. The number of carbonyl (C=O) groups excluding carboxylic acids is 2. The van der Waals surface area contributed by atoms with Crippen molar-refractivity contribution in [3.63, 3.8) is 0 Å². The summed E-state index contributed by atoms with van der Waals surface area (Å²) < 4.78 is 5.91. The molecule has 0 unspecified atom stereocenters. The number of carbonyl (C=O) groups is 2. The van der Waals surface area contributed by atoms with Gasteiger partial charge in [0.1, 0.15) is 11.3 Å². The number of rotatable bonds is 7. The number of unbranched alkanes of at least 4 members (excludes halogenated alkanes) is 1. The molecule has 27 heavy (non-hydrogen) atoms. The van der Waals surface area contributed by atoms with Crippen LogP contribution in [0.4, 0.5) is 0 Å². The summed E-state index contributed by atoms with van der Waals surface area (Å²) in [5, 5.41) is 3.76. The second-order valence-electron chi connectivity index (χ2n) is 7.19. The van der Waals surface area contributed by atoms with Crippen molar-refractivity contribution in [3.05, 3.63) is 35.6 Å². The minimum Gasteiger partial charge on any atom is -0.460 e. The molecule has 1 aliphatic rings. The normalized spacial score (nSPS) is 15.3. The lowest BCUT2D eigenvalue weighted by atomic mass is 10.1. The Morgan fingerprint density at radius 3 is 2.63 bits per heavy atom. The molecule has 1 aromatic carbocycles. The van der Waals surface area contributed by atoms with E-state index < -0.39 is 0 Å². The van der Waals surface area contributed by atoms with Crippen LogP contribution in [-0.4, -0.2) is 61.4 Å². The maximum atomic E-state index is 12.8. The molecule has 0 aliphatic carbocycles. The van der Waals surface area contributed by atoms with E-state index in [-0.39, 0.29) is 11.8 Å². The predicted molar refractivity (Wildman–Crippen MR) is 106 cm³/mol. The Balaban J connectivity index is 1.61. The predicted octanol–water partition coefficient (Wildman–Crippen LogP) is 2.67. The number of fused-ring (bicyclic) bond motifs is 1. The highest BCUT2D eigenvalue weighted by atomic mass is 16.3. The number of likely N-dealkylation sites (N-methyl/N-ethyl adjacent to an activating group) is 1. The van der Waals surface area contributed by atoms with Gasteiger partial charge in [-0.1, -0.05) is 31.5 Å². The number of hydrogen-bond acceptors (Lipinski definition) is 4. The lowest BCUT2D eigenvalue weighted by Gasteiger charge is -2.32. The molecule has 0 bridgehead atoms. The molecule has 1 N–H and O–H groups in total. The van der Waals surface area contributed by atoms with Crippen molar-refractivity contribution >= 4 is 22.8 Å². The van der Waals surface area contributed by atoms with Crippen molar-refractivity contribution in [2.45, 2.75) is 32.6 Å². The van der Waals surface area contributed by atoms with E-state index in [1.54, 1.807) is 0 Å². The van der Waals surface area contributed by atoms with Crippen LogP contribution in [0, 0.1) is 0 Å².